The van der Waals surface area contributed by atoms with Gasteiger partial charge in [-0.3, -0.25) is 4.79 Å². The van der Waals surface area contributed by atoms with Gasteiger partial charge in [-0.15, -0.1) is 0 Å². The molecule has 3 atom stereocenters. The number of phenols is 1. The molecule has 0 saturated carbocycles. The summed E-state index contributed by atoms with van der Waals surface area (Å²) in [7, 11) is 3.17. The van der Waals surface area contributed by atoms with Gasteiger partial charge in [-0.2, -0.15) is 0 Å². The van der Waals surface area contributed by atoms with Gasteiger partial charge in [-0.1, -0.05) is 19.1 Å². The topological polar surface area (TPSA) is 103 Å². The second kappa shape index (κ2) is 11.8. The van der Waals surface area contributed by atoms with Gasteiger partial charge in [0.05, 0.1) is 32.5 Å². The van der Waals surface area contributed by atoms with E-state index in [1.54, 1.807) is 26.4 Å². The Labute approximate surface area is 229 Å². The summed E-state index contributed by atoms with van der Waals surface area (Å²) in [6, 6.07) is 10.7. The minimum absolute atomic E-state index is 0.00309. The third kappa shape index (κ3) is 5.60. The second-order valence-corrected chi connectivity index (χ2v) is 9.92. The summed E-state index contributed by atoms with van der Waals surface area (Å²) in [4.78, 5) is 27.4. The van der Waals surface area contributed by atoms with Crippen LogP contribution in [-0.2, 0) is 14.3 Å². The number of hydrogen-bond donors (Lipinski definition) is 2. The van der Waals surface area contributed by atoms with Crippen LogP contribution in [0.5, 0.6) is 23.0 Å². The van der Waals surface area contributed by atoms with Crippen molar-refractivity contribution in [3.63, 3.8) is 0 Å². The summed E-state index contributed by atoms with van der Waals surface area (Å²) in [6.45, 7) is 7.81. The lowest BCUT2D eigenvalue weighted by molar-refractivity contribution is -0.144. The number of allylic oxidation sites excluding steroid dienone is 3. The van der Waals surface area contributed by atoms with E-state index in [1.807, 2.05) is 45.9 Å². The molecule has 0 radical (unpaired) electrons. The SMILES string of the molecule is CCOc1cc(C2C(C(=O)OC(C)CC)=C(C)NC3=C2C(=O)CC(c2ccc(OC)c(OC)c2)C3)ccc1O. The number of Topliss-reactive ketones (excluding diaryl/α,β-unsaturated/α-hetero) is 1. The monoisotopic (exact) mass is 535 g/mol. The molecule has 1 aliphatic carbocycles. The van der Waals surface area contributed by atoms with Crippen molar-refractivity contribution >= 4 is 11.8 Å². The molecular weight excluding hydrogens is 498 g/mol. The van der Waals surface area contributed by atoms with Crippen LogP contribution in [0.25, 0.3) is 0 Å². The Morgan fingerprint density at radius 3 is 2.38 bits per heavy atom. The molecule has 0 spiro atoms. The third-order valence-corrected chi connectivity index (χ3v) is 7.43. The van der Waals surface area contributed by atoms with Crippen molar-refractivity contribution in [2.24, 2.45) is 0 Å². The highest BCUT2D eigenvalue weighted by molar-refractivity contribution is 6.04. The maximum absolute atomic E-state index is 13.9. The average molecular weight is 536 g/mol. The molecule has 2 aliphatic rings. The molecule has 3 unspecified atom stereocenters. The van der Waals surface area contributed by atoms with Crippen molar-refractivity contribution in [3.05, 3.63) is 70.1 Å². The van der Waals surface area contributed by atoms with E-state index in [1.165, 1.54) is 6.07 Å². The van der Waals surface area contributed by atoms with Crippen LogP contribution in [0.15, 0.2) is 58.9 Å². The van der Waals surface area contributed by atoms with E-state index < -0.39 is 11.9 Å². The van der Waals surface area contributed by atoms with Gasteiger partial charge in [0.15, 0.2) is 28.8 Å². The van der Waals surface area contributed by atoms with Crippen molar-refractivity contribution in [2.75, 3.05) is 20.8 Å². The lowest BCUT2D eigenvalue weighted by atomic mass is 9.71. The molecule has 1 heterocycles. The fourth-order valence-corrected chi connectivity index (χ4v) is 5.30. The van der Waals surface area contributed by atoms with Crippen LogP contribution < -0.4 is 19.5 Å². The summed E-state index contributed by atoms with van der Waals surface area (Å²) in [6.07, 6.45) is 1.25. The minimum atomic E-state index is -0.656. The summed E-state index contributed by atoms with van der Waals surface area (Å²) >= 11 is 0. The molecule has 8 heteroatoms. The van der Waals surface area contributed by atoms with Crippen LogP contribution in [0.3, 0.4) is 0 Å². The highest BCUT2D eigenvalue weighted by Gasteiger charge is 2.42. The second-order valence-electron chi connectivity index (χ2n) is 9.92. The van der Waals surface area contributed by atoms with Crippen LogP contribution in [0.2, 0.25) is 0 Å². The van der Waals surface area contributed by atoms with Crippen molar-refractivity contribution in [3.8, 4) is 23.0 Å². The van der Waals surface area contributed by atoms with Gasteiger partial charge >= 0.3 is 5.97 Å². The zero-order chi connectivity index (χ0) is 28.3. The Morgan fingerprint density at radius 1 is 1.03 bits per heavy atom. The molecular formula is C31H37NO7. The van der Waals surface area contributed by atoms with Gasteiger partial charge in [-0.25, -0.2) is 4.79 Å². The van der Waals surface area contributed by atoms with Crippen LogP contribution in [0.1, 0.15) is 69.9 Å². The Bertz CT molecular complexity index is 1330. The first kappa shape index (κ1) is 28.1. The molecule has 39 heavy (non-hydrogen) atoms. The molecule has 4 rings (SSSR count). The first-order valence-corrected chi connectivity index (χ1v) is 13.3. The number of rotatable bonds is 9. The number of phenolic OH excluding ortho intramolecular Hbond substituents is 1. The molecule has 2 aromatic rings. The summed E-state index contributed by atoms with van der Waals surface area (Å²) in [5.74, 6) is 0.273. The van der Waals surface area contributed by atoms with E-state index in [-0.39, 0.29) is 30.0 Å². The standard InChI is InChI=1S/C31H37NO7/c1-7-17(3)39-31(35)28-18(4)32-22-13-21(19-10-12-25(36-5)27(15-19)37-6)14-24(34)30(22)29(28)20-9-11-23(33)26(16-20)38-8-2/h9-12,15-17,21,29,32-33H,7-8,13-14H2,1-6H3. The lowest BCUT2D eigenvalue weighted by Crippen LogP contribution is -2.36. The molecule has 208 valence electrons. The highest BCUT2D eigenvalue weighted by Crippen LogP contribution is 2.47. The van der Waals surface area contributed by atoms with Crippen LogP contribution in [0.4, 0.5) is 0 Å². The van der Waals surface area contributed by atoms with Gasteiger partial charge in [-0.05, 0) is 74.9 Å². The number of carbonyl (C=O) groups is 2. The number of ketones is 1. The van der Waals surface area contributed by atoms with E-state index >= 15 is 0 Å². The molecule has 0 bridgehead atoms. The highest BCUT2D eigenvalue weighted by atomic mass is 16.5. The number of ether oxygens (including phenoxy) is 4. The number of esters is 1. The summed E-state index contributed by atoms with van der Waals surface area (Å²) < 4.78 is 22.2. The zero-order valence-electron chi connectivity index (χ0n) is 23.4. The summed E-state index contributed by atoms with van der Waals surface area (Å²) in [5, 5.41) is 13.7. The predicted molar refractivity (Wildman–Crippen MR) is 147 cm³/mol. The van der Waals surface area contributed by atoms with Crippen molar-refractivity contribution in [1.82, 2.24) is 5.32 Å². The fourth-order valence-electron chi connectivity index (χ4n) is 5.30. The number of aromatic hydroxyl groups is 1. The number of hydrogen-bond acceptors (Lipinski definition) is 8. The average Bonchev–Trinajstić information content (AvgIpc) is 2.92. The van der Waals surface area contributed by atoms with Crippen LogP contribution >= 0.6 is 0 Å². The largest absolute Gasteiger partial charge is 0.504 e. The first-order valence-electron chi connectivity index (χ1n) is 13.3. The van der Waals surface area contributed by atoms with E-state index in [0.717, 1.165) is 11.3 Å². The first-order chi connectivity index (χ1) is 18.7. The predicted octanol–water partition coefficient (Wildman–Crippen LogP) is 5.51. The van der Waals surface area contributed by atoms with Crippen LogP contribution in [-0.4, -0.2) is 43.8 Å². The molecule has 8 nitrogen and oxygen atoms in total. The molecule has 2 N–H and O–H groups in total. The Morgan fingerprint density at radius 2 is 1.72 bits per heavy atom. The normalized spacial score (nSPS) is 19.7. The van der Waals surface area contributed by atoms with Gasteiger partial charge < -0.3 is 29.4 Å². The molecule has 0 fully saturated rings. The molecule has 0 aromatic heterocycles. The van der Waals surface area contributed by atoms with Crippen molar-refractivity contribution in [2.45, 2.75) is 64.9 Å². The summed E-state index contributed by atoms with van der Waals surface area (Å²) in [5.41, 5.74) is 4.00. The maximum Gasteiger partial charge on any atom is 0.337 e. The Kier molecular flexibility index (Phi) is 8.53. The van der Waals surface area contributed by atoms with E-state index in [0.29, 0.717) is 59.1 Å². The van der Waals surface area contributed by atoms with Crippen LogP contribution in [0, 0.1) is 0 Å². The Hall–Kier alpha value is -3.94. The number of methoxy groups -OCH3 is 2. The fraction of sp³-hybridized carbons (Fsp3) is 0.419. The molecule has 0 saturated heterocycles. The number of dihydropyridines is 1. The van der Waals surface area contributed by atoms with Gasteiger partial charge in [0.25, 0.3) is 0 Å². The third-order valence-electron chi connectivity index (χ3n) is 7.43. The molecule has 0 amide bonds. The van der Waals surface area contributed by atoms with Gasteiger partial charge in [0.1, 0.15) is 0 Å². The van der Waals surface area contributed by atoms with Crippen molar-refractivity contribution < 1.29 is 33.6 Å². The maximum atomic E-state index is 13.9. The van der Waals surface area contributed by atoms with E-state index in [9.17, 15) is 14.7 Å². The minimum Gasteiger partial charge on any atom is -0.504 e. The Balaban J connectivity index is 1.80. The number of benzene rings is 2. The van der Waals surface area contributed by atoms with Gasteiger partial charge in [0.2, 0.25) is 0 Å². The lowest BCUT2D eigenvalue weighted by Gasteiger charge is -2.37. The van der Waals surface area contributed by atoms with Crippen molar-refractivity contribution in [1.29, 1.82) is 0 Å². The van der Waals surface area contributed by atoms with Gasteiger partial charge in [0, 0.05) is 29.3 Å². The molecule has 2 aromatic carbocycles. The number of nitrogens with one attached hydrogen (secondary N) is 1. The van der Waals surface area contributed by atoms with E-state index in [4.69, 9.17) is 18.9 Å². The quantitative estimate of drug-likeness (QED) is 0.405. The zero-order valence-corrected chi connectivity index (χ0v) is 23.4. The van der Waals surface area contributed by atoms with E-state index in [2.05, 4.69) is 5.32 Å². The smallest absolute Gasteiger partial charge is 0.337 e. The molecule has 1 aliphatic heterocycles. The number of carbonyl (C=O) groups excluding carboxylic acids is 2.